The maximum atomic E-state index is 12.3. The Balaban J connectivity index is 1.48. The first-order chi connectivity index (χ1) is 12.7. The van der Waals surface area contributed by atoms with Gasteiger partial charge in [0.2, 0.25) is 0 Å². The summed E-state index contributed by atoms with van der Waals surface area (Å²) in [6.07, 6.45) is 0. The fourth-order valence-electron chi connectivity index (χ4n) is 2.59. The Morgan fingerprint density at radius 3 is 2.77 bits per heavy atom. The molecule has 0 aliphatic carbocycles. The predicted molar refractivity (Wildman–Crippen MR) is 108 cm³/mol. The fraction of sp³-hybridized carbons (Fsp3) is 0.100. The van der Waals surface area contributed by atoms with Crippen molar-refractivity contribution in [1.29, 1.82) is 0 Å². The number of hydrogen-bond donors (Lipinski definition) is 1. The molecule has 26 heavy (non-hydrogen) atoms. The molecule has 6 heteroatoms. The quantitative estimate of drug-likeness (QED) is 0.508. The molecule has 0 aliphatic rings. The topological polar surface area (TPSA) is 51.2 Å². The summed E-state index contributed by atoms with van der Waals surface area (Å²) in [5, 5.41) is 6.60. The molecule has 2 aromatic carbocycles. The molecule has 4 rings (SSSR count). The van der Waals surface area contributed by atoms with Crippen LogP contribution in [0.2, 0.25) is 0 Å². The molecule has 0 bridgehead atoms. The molecular formula is C20H16N2O2S2. The molecule has 0 fully saturated rings. The number of thiazole rings is 1. The number of nitrogens with zero attached hydrogens (tertiary/aromatic N) is 1. The Morgan fingerprint density at radius 1 is 1.12 bits per heavy atom. The molecule has 1 amide bonds. The number of carbonyl (C=O) groups excluding carboxylic acids is 1. The summed E-state index contributed by atoms with van der Waals surface area (Å²) < 4.78 is 6.75. The minimum atomic E-state index is -0.182. The van der Waals surface area contributed by atoms with Crippen LogP contribution in [0.1, 0.15) is 5.56 Å². The smallest absolute Gasteiger partial charge is 0.262 e. The van der Waals surface area contributed by atoms with E-state index in [-0.39, 0.29) is 12.5 Å². The van der Waals surface area contributed by atoms with E-state index in [1.165, 1.54) is 11.3 Å². The van der Waals surface area contributed by atoms with Crippen molar-refractivity contribution >= 4 is 43.8 Å². The van der Waals surface area contributed by atoms with Crippen molar-refractivity contribution in [3.05, 3.63) is 65.5 Å². The van der Waals surface area contributed by atoms with E-state index in [0.717, 1.165) is 37.1 Å². The Kier molecular flexibility index (Phi) is 4.69. The molecule has 0 unspecified atom stereocenters. The van der Waals surface area contributed by atoms with Crippen LogP contribution in [0.15, 0.2) is 60.0 Å². The van der Waals surface area contributed by atoms with Crippen LogP contribution in [-0.4, -0.2) is 17.5 Å². The maximum Gasteiger partial charge on any atom is 0.262 e. The number of aryl methyl sites for hydroxylation is 1. The number of fused-ring (bicyclic) bond motifs is 1. The zero-order valence-corrected chi connectivity index (χ0v) is 15.7. The zero-order valence-electron chi connectivity index (χ0n) is 14.1. The third-order valence-corrected chi connectivity index (χ3v) is 5.79. The maximum absolute atomic E-state index is 12.3. The van der Waals surface area contributed by atoms with Gasteiger partial charge in [-0.3, -0.25) is 4.79 Å². The molecule has 0 spiro atoms. The van der Waals surface area contributed by atoms with Crippen molar-refractivity contribution in [2.24, 2.45) is 0 Å². The highest BCUT2D eigenvalue weighted by Gasteiger charge is 2.14. The molecule has 0 aliphatic heterocycles. The van der Waals surface area contributed by atoms with Crippen LogP contribution < -0.4 is 10.1 Å². The number of ether oxygens (including phenoxy) is 1. The number of benzene rings is 2. The number of rotatable bonds is 5. The number of amides is 1. The Bertz CT molecular complexity index is 1040. The van der Waals surface area contributed by atoms with Crippen LogP contribution in [0.25, 0.3) is 20.8 Å². The van der Waals surface area contributed by atoms with Gasteiger partial charge in [-0.2, -0.15) is 0 Å². The van der Waals surface area contributed by atoms with Crippen LogP contribution >= 0.6 is 22.7 Å². The van der Waals surface area contributed by atoms with Crippen molar-refractivity contribution in [3.8, 4) is 16.3 Å². The number of para-hydroxylation sites is 2. The third-order valence-electron chi connectivity index (χ3n) is 3.89. The molecule has 130 valence electrons. The summed E-state index contributed by atoms with van der Waals surface area (Å²) in [5.74, 6) is 0.540. The van der Waals surface area contributed by atoms with Crippen molar-refractivity contribution in [2.75, 3.05) is 11.9 Å². The highest BCUT2D eigenvalue weighted by Crippen LogP contribution is 2.37. The van der Waals surface area contributed by atoms with Gasteiger partial charge in [0.25, 0.3) is 5.91 Å². The number of anilines is 1. The van der Waals surface area contributed by atoms with Gasteiger partial charge in [-0.15, -0.1) is 22.7 Å². The van der Waals surface area contributed by atoms with Crippen LogP contribution in [-0.2, 0) is 4.79 Å². The number of hydrogen-bond acceptors (Lipinski definition) is 5. The summed E-state index contributed by atoms with van der Waals surface area (Å²) >= 11 is 3.11. The highest BCUT2D eigenvalue weighted by molar-refractivity contribution is 7.22. The largest absolute Gasteiger partial charge is 0.483 e. The number of carbonyl (C=O) groups is 1. The predicted octanol–water partition coefficient (Wildman–Crippen LogP) is 5.35. The van der Waals surface area contributed by atoms with E-state index in [1.54, 1.807) is 11.3 Å². The second-order valence-corrected chi connectivity index (χ2v) is 7.70. The molecule has 0 radical (unpaired) electrons. The van der Waals surface area contributed by atoms with Gasteiger partial charge in [0.1, 0.15) is 15.8 Å². The molecular weight excluding hydrogens is 364 g/mol. The van der Waals surface area contributed by atoms with Gasteiger partial charge in [0.05, 0.1) is 10.2 Å². The second kappa shape index (κ2) is 7.27. The Hall–Kier alpha value is -2.70. The molecule has 1 N–H and O–H groups in total. The van der Waals surface area contributed by atoms with Crippen LogP contribution in [0.4, 0.5) is 5.00 Å². The minimum Gasteiger partial charge on any atom is -0.483 e. The van der Waals surface area contributed by atoms with Crippen LogP contribution in [0.5, 0.6) is 5.75 Å². The first-order valence-corrected chi connectivity index (χ1v) is 9.82. The van der Waals surface area contributed by atoms with Crippen LogP contribution in [0.3, 0.4) is 0 Å². The van der Waals surface area contributed by atoms with E-state index in [0.29, 0.717) is 0 Å². The number of thiophene rings is 1. The molecule has 0 saturated carbocycles. The average Bonchev–Trinajstić information content (AvgIpc) is 3.27. The highest BCUT2D eigenvalue weighted by atomic mass is 32.1. The normalized spacial score (nSPS) is 10.8. The van der Waals surface area contributed by atoms with Gasteiger partial charge in [-0.1, -0.05) is 30.3 Å². The summed E-state index contributed by atoms with van der Waals surface area (Å²) in [6, 6.07) is 17.7. The first-order valence-electron chi connectivity index (χ1n) is 8.12. The molecule has 2 heterocycles. The summed E-state index contributed by atoms with van der Waals surface area (Å²) in [4.78, 5) is 17.0. The monoisotopic (exact) mass is 380 g/mol. The van der Waals surface area contributed by atoms with E-state index in [9.17, 15) is 4.79 Å². The third kappa shape index (κ3) is 3.47. The minimum absolute atomic E-state index is 0.0258. The number of aromatic nitrogens is 1. The Labute approximate surface area is 159 Å². The lowest BCUT2D eigenvalue weighted by Gasteiger charge is -2.09. The van der Waals surface area contributed by atoms with Crippen molar-refractivity contribution in [3.63, 3.8) is 0 Å². The average molecular weight is 380 g/mol. The molecule has 4 aromatic rings. The van der Waals surface area contributed by atoms with Gasteiger partial charge >= 0.3 is 0 Å². The van der Waals surface area contributed by atoms with Crippen LogP contribution in [0, 0.1) is 6.92 Å². The van der Waals surface area contributed by atoms with Crippen molar-refractivity contribution in [2.45, 2.75) is 6.92 Å². The van der Waals surface area contributed by atoms with Gasteiger partial charge in [-0.25, -0.2) is 4.98 Å². The van der Waals surface area contributed by atoms with E-state index in [1.807, 2.05) is 60.8 Å². The SMILES string of the molecule is Cc1ccccc1OCC(=O)Nc1sccc1-c1nc2ccccc2s1. The standard InChI is InChI=1S/C20H16N2O2S2/c1-13-6-2-4-8-16(13)24-12-18(23)22-19-14(10-11-25-19)20-21-15-7-3-5-9-17(15)26-20/h2-11H,12H2,1H3,(H,22,23). The molecule has 2 aromatic heterocycles. The first kappa shape index (κ1) is 16.8. The molecule has 4 nitrogen and oxygen atoms in total. The van der Waals surface area contributed by atoms with Crippen molar-refractivity contribution in [1.82, 2.24) is 4.98 Å². The fourth-order valence-corrected chi connectivity index (χ4v) is 4.45. The van der Waals surface area contributed by atoms with Gasteiger partial charge in [0, 0.05) is 5.56 Å². The van der Waals surface area contributed by atoms with Gasteiger partial charge in [0.15, 0.2) is 6.61 Å². The van der Waals surface area contributed by atoms with Gasteiger partial charge < -0.3 is 10.1 Å². The number of nitrogens with one attached hydrogen (secondary N) is 1. The lowest BCUT2D eigenvalue weighted by Crippen LogP contribution is -2.20. The van der Waals surface area contributed by atoms with E-state index < -0.39 is 0 Å². The summed E-state index contributed by atoms with van der Waals surface area (Å²) in [5.41, 5.74) is 2.92. The zero-order chi connectivity index (χ0) is 17.9. The van der Waals surface area contributed by atoms with E-state index in [4.69, 9.17) is 4.74 Å². The lowest BCUT2D eigenvalue weighted by molar-refractivity contribution is -0.118. The molecule has 0 saturated heterocycles. The van der Waals surface area contributed by atoms with Gasteiger partial charge in [-0.05, 0) is 42.1 Å². The van der Waals surface area contributed by atoms with Crippen molar-refractivity contribution < 1.29 is 9.53 Å². The summed E-state index contributed by atoms with van der Waals surface area (Å²) in [6.45, 7) is 1.93. The van der Waals surface area contributed by atoms with E-state index >= 15 is 0 Å². The second-order valence-electron chi connectivity index (χ2n) is 5.75. The molecule has 0 atom stereocenters. The Morgan fingerprint density at radius 2 is 1.92 bits per heavy atom. The van der Waals surface area contributed by atoms with E-state index in [2.05, 4.69) is 16.4 Å². The lowest BCUT2D eigenvalue weighted by atomic mass is 10.2. The summed E-state index contributed by atoms with van der Waals surface area (Å²) in [7, 11) is 0.